The summed E-state index contributed by atoms with van der Waals surface area (Å²) >= 11 is 0. The maximum absolute atomic E-state index is 5.58. The third kappa shape index (κ3) is 3.40. The predicted octanol–water partition coefficient (Wildman–Crippen LogP) is 2.87. The van der Waals surface area contributed by atoms with Crippen LogP contribution >= 0.6 is 12.4 Å². The van der Waals surface area contributed by atoms with Crippen molar-refractivity contribution in [1.82, 2.24) is 0 Å². The van der Waals surface area contributed by atoms with E-state index in [1.54, 1.807) is 7.11 Å². The Morgan fingerprint density at radius 1 is 1.27 bits per heavy atom. The Hall–Kier alpha value is -0.730. The third-order valence-electron chi connectivity index (χ3n) is 2.31. The van der Waals surface area contributed by atoms with Gasteiger partial charge in [-0.05, 0) is 22.6 Å². The number of benzene rings is 1. The fourth-order valence-corrected chi connectivity index (χ4v) is 1.48. The minimum atomic E-state index is 0. The van der Waals surface area contributed by atoms with E-state index in [-0.39, 0.29) is 17.8 Å². The summed E-state index contributed by atoms with van der Waals surface area (Å²) in [6.07, 6.45) is 0. The van der Waals surface area contributed by atoms with Gasteiger partial charge in [0.15, 0.2) is 0 Å². The summed E-state index contributed by atoms with van der Waals surface area (Å²) in [5, 5.41) is 0. The zero-order valence-electron chi connectivity index (χ0n) is 9.83. The maximum Gasteiger partial charge on any atom is 0.122 e. The van der Waals surface area contributed by atoms with E-state index in [4.69, 9.17) is 10.5 Å². The van der Waals surface area contributed by atoms with Gasteiger partial charge in [-0.1, -0.05) is 32.9 Å². The zero-order valence-corrected chi connectivity index (χ0v) is 10.6. The molecule has 1 rings (SSSR count). The van der Waals surface area contributed by atoms with Gasteiger partial charge in [-0.25, -0.2) is 0 Å². The normalized spacial score (nSPS) is 10.7. The van der Waals surface area contributed by atoms with Gasteiger partial charge in [-0.2, -0.15) is 0 Å². The molecule has 0 atom stereocenters. The van der Waals surface area contributed by atoms with Crippen LogP contribution in [0.15, 0.2) is 18.2 Å². The van der Waals surface area contributed by atoms with Gasteiger partial charge in [0.2, 0.25) is 0 Å². The molecule has 0 saturated carbocycles. The van der Waals surface area contributed by atoms with Gasteiger partial charge < -0.3 is 10.5 Å². The summed E-state index contributed by atoms with van der Waals surface area (Å²) in [6, 6.07) is 6.17. The highest BCUT2D eigenvalue weighted by atomic mass is 35.5. The van der Waals surface area contributed by atoms with E-state index in [1.165, 1.54) is 5.56 Å². The average molecular weight is 230 g/mol. The number of hydrogen-bond acceptors (Lipinski definition) is 2. The molecule has 0 radical (unpaired) electrons. The molecule has 0 fully saturated rings. The lowest BCUT2D eigenvalue weighted by atomic mass is 9.86. The van der Waals surface area contributed by atoms with Crippen LogP contribution in [-0.2, 0) is 12.0 Å². The number of methoxy groups -OCH3 is 1. The smallest absolute Gasteiger partial charge is 0.122 e. The van der Waals surface area contributed by atoms with Gasteiger partial charge in [0, 0.05) is 6.54 Å². The van der Waals surface area contributed by atoms with Crippen LogP contribution in [-0.4, -0.2) is 7.11 Å². The Morgan fingerprint density at radius 3 is 2.27 bits per heavy atom. The summed E-state index contributed by atoms with van der Waals surface area (Å²) in [6.45, 7) is 7.08. The lowest BCUT2D eigenvalue weighted by Gasteiger charge is -2.22. The summed E-state index contributed by atoms with van der Waals surface area (Å²) in [5.41, 5.74) is 8.01. The lowest BCUT2D eigenvalue weighted by Crippen LogP contribution is -2.13. The highest BCUT2D eigenvalue weighted by Crippen LogP contribution is 2.31. The van der Waals surface area contributed by atoms with E-state index in [1.807, 2.05) is 6.07 Å². The number of rotatable bonds is 2. The van der Waals surface area contributed by atoms with Crippen molar-refractivity contribution in [3.8, 4) is 5.75 Å². The van der Waals surface area contributed by atoms with Crippen LogP contribution in [0.4, 0.5) is 0 Å². The van der Waals surface area contributed by atoms with Crippen molar-refractivity contribution in [1.29, 1.82) is 0 Å². The zero-order chi connectivity index (χ0) is 10.8. The molecule has 1 aromatic carbocycles. The van der Waals surface area contributed by atoms with Crippen molar-refractivity contribution < 1.29 is 4.74 Å². The molecule has 0 saturated heterocycles. The lowest BCUT2D eigenvalue weighted by molar-refractivity contribution is 0.397. The van der Waals surface area contributed by atoms with Gasteiger partial charge in [-0.3, -0.25) is 0 Å². The van der Waals surface area contributed by atoms with Crippen molar-refractivity contribution in [2.24, 2.45) is 5.73 Å². The standard InChI is InChI=1S/C12H19NO.ClH/c1-12(2,3)10-6-5-9(8-13)7-11(10)14-4;/h5-7H,8,13H2,1-4H3;1H. The highest BCUT2D eigenvalue weighted by Gasteiger charge is 2.18. The molecule has 0 aromatic heterocycles. The Kier molecular flexibility index (Phi) is 5.12. The first-order valence-electron chi connectivity index (χ1n) is 4.86. The van der Waals surface area contributed by atoms with Crippen LogP contribution in [0.1, 0.15) is 31.9 Å². The molecule has 0 amide bonds. The topological polar surface area (TPSA) is 35.2 Å². The molecule has 3 heteroatoms. The van der Waals surface area contributed by atoms with E-state index in [2.05, 4.69) is 32.9 Å². The third-order valence-corrected chi connectivity index (χ3v) is 2.31. The van der Waals surface area contributed by atoms with E-state index in [0.717, 1.165) is 11.3 Å². The van der Waals surface area contributed by atoms with E-state index >= 15 is 0 Å². The second kappa shape index (κ2) is 5.38. The Balaban J connectivity index is 0.00000196. The largest absolute Gasteiger partial charge is 0.496 e. The summed E-state index contributed by atoms with van der Waals surface area (Å²) in [4.78, 5) is 0. The minimum Gasteiger partial charge on any atom is -0.496 e. The van der Waals surface area contributed by atoms with Crippen molar-refractivity contribution in [2.75, 3.05) is 7.11 Å². The number of halogens is 1. The number of hydrogen-bond donors (Lipinski definition) is 1. The van der Waals surface area contributed by atoms with Crippen LogP contribution in [0.5, 0.6) is 5.75 Å². The van der Waals surface area contributed by atoms with Crippen molar-refractivity contribution >= 4 is 12.4 Å². The Labute approximate surface area is 98.2 Å². The summed E-state index contributed by atoms with van der Waals surface area (Å²) in [7, 11) is 1.70. The minimum absolute atomic E-state index is 0. The second-order valence-electron chi connectivity index (χ2n) is 4.49. The molecule has 0 bridgehead atoms. The van der Waals surface area contributed by atoms with E-state index < -0.39 is 0 Å². The molecular weight excluding hydrogens is 210 g/mol. The molecule has 15 heavy (non-hydrogen) atoms. The fraction of sp³-hybridized carbons (Fsp3) is 0.500. The van der Waals surface area contributed by atoms with Crippen molar-refractivity contribution in [3.63, 3.8) is 0 Å². The first-order valence-corrected chi connectivity index (χ1v) is 4.86. The van der Waals surface area contributed by atoms with Crippen LogP contribution in [0, 0.1) is 0 Å². The average Bonchev–Trinajstić information content (AvgIpc) is 2.15. The first kappa shape index (κ1) is 14.3. The Bertz CT molecular complexity index is 318. The molecule has 0 spiro atoms. The van der Waals surface area contributed by atoms with Crippen LogP contribution in [0.2, 0.25) is 0 Å². The summed E-state index contributed by atoms with van der Waals surface area (Å²) in [5.74, 6) is 0.931. The van der Waals surface area contributed by atoms with Crippen LogP contribution in [0.3, 0.4) is 0 Å². The van der Waals surface area contributed by atoms with E-state index in [0.29, 0.717) is 6.54 Å². The SMILES string of the molecule is COc1cc(CN)ccc1C(C)(C)C.Cl. The van der Waals surface area contributed by atoms with Gasteiger partial charge in [-0.15, -0.1) is 12.4 Å². The molecule has 2 nitrogen and oxygen atoms in total. The van der Waals surface area contributed by atoms with Crippen LogP contribution < -0.4 is 10.5 Å². The van der Waals surface area contributed by atoms with E-state index in [9.17, 15) is 0 Å². The number of ether oxygens (including phenoxy) is 1. The quantitative estimate of drug-likeness (QED) is 0.847. The highest BCUT2D eigenvalue weighted by molar-refractivity contribution is 5.85. The molecule has 0 aliphatic rings. The summed E-state index contributed by atoms with van der Waals surface area (Å²) < 4.78 is 5.36. The van der Waals surface area contributed by atoms with Crippen molar-refractivity contribution in [3.05, 3.63) is 29.3 Å². The number of nitrogens with two attached hydrogens (primary N) is 1. The fourth-order valence-electron chi connectivity index (χ4n) is 1.48. The van der Waals surface area contributed by atoms with Gasteiger partial charge in [0.05, 0.1) is 7.11 Å². The maximum atomic E-state index is 5.58. The Morgan fingerprint density at radius 2 is 1.87 bits per heavy atom. The molecular formula is C12H20ClNO. The predicted molar refractivity (Wildman–Crippen MR) is 66.8 cm³/mol. The monoisotopic (exact) mass is 229 g/mol. The van der Waals surface area contributed by atoms with Gasteiger partial charge in [0.25, 0.3) is 0 Å². The van der Waals surface area contributed by atoms with Gasteiger partial charge in [0.1, 0.15) is 5.75 Å². The molecule has 0 aliphatic heterocycles. The molecule has 86 valence electrons. The molecule has 0 unspecified atom stereocenters. The molecule has 0 aliphatic carbocycles. The van der Waals surface area contributed by atoms with Gasteiger partial charge >= 0.3 is 0 Å². The molecule has 2 N–H and O–H groups in total. The molecule has 1 aromatic rings. The first-order chi connectivity index (χ1) is 6.49. The second-order valence-corrected chi connectivity index (χ2v) is 4.49. The van der Waals surface area contributed by atoms with Crippen molar-refractivity contribution in [2.45, 2.75) is 32.7 Å². The van der Waals surface area contributed by atoms with Crippen LogP contribution in [0.25, 0.3) is 0 Å². The molecule has 0 heterocycles.